The van der Waals surface area contributed by atoms with Crippen LogP contribution in [0, 0.1) is 11.6 Å². The summed E-state index contributed by atoms with van der Waals surface area (Å²) in [5, 5.41) is 5.23. The van der Waals surface area contributed by atoms with Gasteiger partial charge in [-0.25, -0.2) is 18.7 Å². The van der Waals surface area contributed by atoms with Crippen molar-refractivity contribution in [2.24, 2.45) is 0 Å². The largest absolute Gasteiger partial charge is 0.376 e. The van der Waals surface area contributed by atoms with Crippen LogP contribution in [0.1, 0.15) is 23.3 Å². The maximum atomic E-state index is 13.5. The average Bonchev–Trinajstić information content (AvgIpc) is 3.10. The first-order valence-electron chi connectivity index (χ1n) is 7.56. The van der Waals surface area contributed by atoms with Gasteiger partial charge in [0.2, 0.25) is 0 Å². The number of ether oxygens (including phenoxy) is 1. The normalized spacial score (nSPS) is 16.8. The van der Waals surface area contributed by atoms with Gasteiger partial charge < -0.3 is 15.4 Å². The minimum absolute atomic E-state index is 0.0414. The molecule has 126 valence electrons. The monoisotopic (exact) mass is 334 g/mol. The number of rotatable bonds is 5. The molecule has 2 heterocycles. The Balaban J connectivity index is 1.61. The fourth-order valence-electron chi connectivity index (χ4n) is 2.36. The molecule has 0 saturated carbocycles. The summed E-state index contributed by atoms with van der Waals surface area (Å²) in [7, 11) is 0. The van der Waals surface area contributed by atoms with Crippen LogP contribution in [0.2, 0.25) is 0 Å². The second-order valence-electron chi connectivity index (χ2n) is 5.35. The van der Waals surface area contributed by atoms with Gasteiger partial charge >= 0.3 is 0 Å². The minimum atomic E-state index is -0.855. The highest BCUT2D eigenvalue weighted by Gasteiger charge is 2.16. The van der Waals surface area contributed by atoms with Crippen LogP contribution in [0.25, 0.3) is 0 Å². The number of aromatic nitrogens is 2. The first-order chi connectivity index (χ1) is 11.6. The summed E-state index contributed by atoms with van der Waals surface area (Å²) in [6.07, 6.45) is 4.82. The molecule has 1 unspecified atom stereocenters. The van der Waals surface area contributed by atoms with Crippen molar-refractivity contribution in [1.29, 1.82) is 0 Å². The molecule has 0 radical (unpaired) electrons. The van der Waals surface area contributed by atoms with Gasteiger partial charge in [0, 0.05) is 13.2 Å². The number of anilines is 2. The summed E-state index contributed by atoms with van der Waals surface area (Å²) in [5.41, 5.74) is -0.551. The number of nitrogens with one attached hydrogen (secondary N) is 2. The van der Waals surface area contributed by atoms with Gasteiger partial charge in [0.25, 0.3) is 5.91 Å². The molecule has 6 nitrogen and oxygen atoms in total. The molecule has 2 aromatic rings. The van der Waals surface area contributed by atoms with Gasteiger partial charge in [-0.05, 0) is 25.0 Å². The van der Waals surface area contributed by atoms with E-state index in [-0.39, 0.29) is 11.8 Å². The Hall–Kier alpha value is -2.61. The number of halogens is 2. The van der Waals surface area contributed by atoms with Crippen LogP contribution >= 0.6 is 0 Å². The highest BCUT2D eigenvalue weighted by Crippen LogP contribution is 2.18. The summed E-state index contributed by atoms with van der Waals surface area (Å²) < 4.78 is 32.5. The van der Waals surface area contributed by atoms with Crippen LogP contribution in [-0.2, 0) is 4.74 Å². The molecule has 1 saturated heterocycles. The molecular formula is C16H16F2N4O2. The topological polar surface area (TPSA) is 76.1 Å². The van der Waals surface area contributed by atoms with Crippen molar-refractivity contribution in [1.82, 2.24) is 9.97 Å². The first kappa shape index (κ1) is 16.3. The molecule has 1 atom stereocenters. The van der Waals surface area contributed by atoms with Gasteiger partial charge in [0.1, 0.15) is 28.8 Å². The maximum absolute atomic E-state index is 13.5. The van der Waals surface area contributed by atoms with Crippen LogP contribution in [0.15, 0.2) is 30.6 Å². The van der Waals surface area contributed by atoms with Crippen molar-refractivity contribution >= 4 is 17.4 Å². The van der Waals surface area contributed by atoms with E-state index in [1.54, 1.807) is 0 Å². The molecule has 24 heavy (non-hydrogen) atoms. The first-order valence-corrected chi connectivity index (χ1v) is 7.56. The molecule has 0 spiro atoms. The van der Waals surface area contributed by atoms with E-state index in [2.05, 4.69) is 20.6 Å². The predicted molar refractivity (Wildman–Crippen MR) is 83.8 cm³/mol. The number of carbonyl (C=O) groups is 1. The Morgan fingerprint density at radius 1 is 1.25 bits per heavy atom. The third kappa shape index (κ3) is 3.83. The lowest BCUT2D eigenvalue weighted by Crippen LogP contribution is -2.20. The molecule has 3 rings (SSSR count). The Morgan fingerprint density at radius 3 is 2.67 bits per heavy atom. The van der Waals surface area contributed by atoms with Gasteiger partial charge in [-0.2, -0.15) is 0 Å². The highest BCUT2D eigenvalue weighted by molar-refractivity contribution is 6.02. The van der Waals surface area contributed by atoms with Crippen molar-refractivity contribution in [3.8, 4) is 0 Å². The van der Waals surface area contributed by atoms with Crippen molar-refractivity contribution in [2.45, 2.75) is 18.9 Å². The Kier molecular flexibility index (Phi) is 4.95. The number of benzene rings is 1. The molecular weight excluding hydrogens is 318 g/mol. The third-order valence-electron chi connectivity index (χ3n) is 3.62. The van der Waals surface area contributed by atoms with E-state index < -0.39 is 23.2 Å². The summed E-state index contributed by atoms with van der Waals surface area (Å²) in [6, 6.07) is 3.33. The molecule has 0 bridgehead atoms. The van der Waals surface area contributed by atoms with Gasteiger partial charge in [-0.3, -0.25) is 4.79 Å². The maximum Gasteiger partial charge on any atom is 0.276 e. The second kappa shape index (κ2) is 7.31. The number of nitrogens with zero attached hydrogens (tertiary/aromatic N) is 2. The zero-order valence-corrected chi connectivity index (χ0v) is 12.8. The molecule has 0 aliphatic carbocycles. The van der Waals surface area contributed by atoms with Gasteiger partial charge in [-0.1, -0.05) is 6.07 Å². The Morgan fingerprint density at radius 2 is 2.04 bits per heavy atom. The summed E-state index contributed by atoms with van der Waals surface area (Å²) in [5.74, 6) is -1.95. The highest BCUT2D eigenvalue weighted by atomic mass is 19.1. The SMILES string of the molecule is O=C(Nc1c(F)cccc1F)c1cnc(NCC2CCCO2)cn1. The van der Waals surface area contributed by atoms with E-state index in [1.807, 2.05) is 0 Å². The lowest BCUT2D eigenvalue weighted by atomic mass is 10.2. The van der Waals surface area contributed by atoms with E-state index in [0.29, 0.717) is 12.4 Å². The van der Waals surface area contributed by atoms with Crippen LogP contribution < -0.4 is 10.6 Å². The molecule has 1 aromatic heterocycles. The van der Waals surface area contributed by atoms with Crippen molar-refractivity contribution in [2.75, 3.05) is 23.8 Å². The van der Waals surface area contributed by atoms with E-state index >= 15 is 0 Å². The van der Waals surface area contributed by atoms with Crippen LogP contribution in [0.4, 0.5) is 20.3 Å². The van der Waals surface area contributed by atoms with Crippen LogP contribution in [0.5, 0.6) is 0 Å². The molecule has 1 fully saturated rings. The van der Waals surface area contributed by atoms with Gasteiger partial charge in [0.05, 0.1) is 18.5 Å². The standard InChI is InChI=1S/C16H16F2N4O2/c17-11-4-1-5-12(18)15(11)22-16(23)13-8-21-14(9-19-13)20-7-10-3-2-6-24-10/h1,4-5,8-10H,2-3,6-7H2,(H,20,21)(H,22,23). The smallest absolute Gasteiger partial charge is 0.276 e. The second-order valence-corrected chi connectivity index (χ2v) is 5.35. The zero-order valence-electron chi connectivity index (χ0n) is 12.8. The summed E-state index contributed by atoms with van der Waals surface area (Å²) in [4.78, 5) is 20.0. The summed E-state index contributed by atoms with van der Waals surface area (Å²) >= 11 is 0. The van der Waals surface area contributed by atoms with Crippen molar-refractivity contribution in [3.63, 3.8) is 0 Å². The number of hydrogen-bond donors (Lipinski definition) is 2. The quantitative estimate of drug-likeness (QED) is 0.879. The fourth-order valence-corrected chi connectivity index (χ4v) is 2.36. The predicted octanol–water partition coefficient (Wildman–Crippen LogP) is 2.60. The Bertz CT molecular complexity index is 698. The van der Waals surface area contributed by atoms with Crippen molar-refractivity contribution < 1.29 is 18.3 Å². The van der Waals surface area contributed by atoms with Crippen molar-refractivity contribution in [3.05, 3.63) is 47.9 Å². The molecule has 1 amide bonds. The number of amides is 1. The molecule has 1 aromatic carbocycles. The minimum Gasteiger partial charge on any atom is -0.376 e. The van der Waals surface area contributed by atoms with Crippen LogP contribution in [0.3, 0.4) is 0 Å². The Labute approximate surface area is 137 Å². The van der Waals surface area contributed by atoms with Crippen LogP contribution in [-0.4, -0.2) is 35.1 Å². The molecule has 8 heteroatoms. The number of carbonyl (C=O) groups excluding carboxylic acids is 1. The van der Waals surface area contributed by atoms with Gasteiger partial charge in [0.15, 0.2) is 0 Å². The summed E-state index contributed by atoms with van der Waals surface area (Å²) in [6.45, 7) is 1.38. The lowest BCUT2D eigenvalue weighted by molar-refractivity contribution is 0.102. The van der Waals surface area contributed by atoms with Gasteiger partial charge in [-0.15, -0.1) is 0 Å². The fraction of sp³-hybridized carbons (Fsp3) is 0.312. The van der Waals surface area contributed by atoms with E-state index in [1.165, 1.54) is 18.5 Å². The lowest BCUT2D eigenvalue weighted by Gasteiger charge is -2.11. The van der Waals surface area contributed by atoms with E-state index in [4.69, 9.17) is 4.74 Å². The van der Waals surface area contributed by atoms with E-state index in [0.717, 1.165) is 31.6 Å². The number of hydrogen-bond acceptors (Lipinski definition) is 5. The molecule has 1 aliphatic rings. The number of para-hydroxylation sites is 1. The third-order valence-corrected chi connectivity index (χ3v) is 3.62. The molecule has 1 aliphatic heterocycles. The van der Waals surface area contributed by atoms with E-state index in [9.17, 15) is 13.6 Å². The average molecular weight is 334 g/mol. The zero-order chi connectivity index (χ0) is 16.9. The molecule has 2 N–H and O–H groups in total.